The van der Waals surface area contributed by atoms with E-state index in [0.29, 0.717) is 59.1 Å². The van der Waals surface area contributed by atoms with Gasteiger partial charge >= 0.3 is 5.97 Å². The van der Waals surface area contributed by atoms with Crippen LogP contribution >= 0.6 is 11.3 Å². The van der Waals surface area contributed by atoms with Crippen molar-refractivity contribution in [1.82, 2.24) is 9.88 Å². The van der Waals surface area contributed by atoms with E-state index < -0.39 is 5.97 Å². The summed E-state index contributed by atoms with van der Waals surface area (Å²) in [4.78, 5) is 32.5. The van der Waals surface area contributed by atoms with Gasteiger partial charge in [-0.2, -0.15) is 0 Å². The number of nitrogen functional groups attached to an aromatic ring is 1. The molecule has 1 fully saturated rings. The Labute approximate surface area is 156 Å². The molecule has 7 nitrogen and oxygen atoms in total. The van der Waals surface area contributed by atoms with Gasteiger partial charge in [0.05, 0.1) is 36.8 Å². The number of amides is 1. The lowest BCUT2D eigenvalue weighted by atomic mass is 10.1. The lowest BCUT2D eigenvalue weighted by molar-refractivity contribution is 0.0302. The summed E-state index contributed by atoms with van der Waals surface area (Å²) in [7, 11) is 0. The molecule has 1 amide bonds. The third kappa shape index (κ3) is 3.52. The maximum atomic E-state index is 13.0. The van der Waals surface area contributed by atoms with Gasteiger partial charge in [-0.15, -0.1) is 11.3 Å². The Morgan fingerprint density at radius 1 is 1.35 bits per heavy atom. The van der Waals surface area contributed by atoms with Gasteiger partial charge in [-0.25, -0.2) is 9.78 Å². The molecule has 1 aliphatic rings. The minimum absolute atomic E-state index is 0.0607. The molecule has 0 unspecified atom stereocenters. The maximum Gasteiger partial charge on any atom is 0.350 e. The van der Waals surface area contributed by atoms with Gasteiger partial charge in [-0.3, -0.25) is 4.79 Å². The largest absolute Gasteiger partial charge is 0.462 e. The summed E-state index contributed by atoms with van der Waals surface area (Å²) in [5, 5.41) is 0.634. The van der Waals surface area contributed by atoms with E-state index in [9.17, 15) is 9.59 Å². The normalized spacial score (nSPS) is 14.6. The quantitative estimate of drug-likeness (QED) is 0.805. The highest BCUT2D eigenvalue weighted by Crippen LogP contribution is 2.35. The molecule has 140 valence electrons. The lowest BCUT2D eigenvalue weighted by Crippen LogP contribution is -2.41. The molecular formula is C18H23N3O4S. The Balaban J connectivity index is 2.06. The third-order valence-electron chi connectivity index (χ3n) is 4.28. The van der Waals surface area contributed by atoms with E-state index >= 15 is 0 Å². The molecule has 0 spiro atoms. The fraction of sp³-hybridized carbons (Fsp3) is 0.500. The van der Waals surface area contributed by atoms with Crippen molar-refractivity contribution in [2.75, 3.05) is 38.6 Å². The third-order valence-corrected chi connectivity index (χ3v) is 5.37. The average Bonchev–Trinajstić information content (AvgIpc) is 2.98. The van der Waals surface area contributed by atoms with E-state index in [1.807, 2.05) is 6.92 Å². The number of aromatic nitrogens is 1. The predicted molar refractivity (Wildman–Crippen MR) is 101 cm³/mol. The number of fused-ring (bicyclic) bond motifs is 1. The highest BCUT2D eigenvalue weighted by molar-refractivity contribution is 7.21. The van der Waals surface area contributed by atoms with Gasteiger partial charge in [-0.1, -0.05) is 13.3 Å². The van der Waals surface area contributed by atoms with E-state index in [2.05, 4.69) is 4.98 Å². The van der Waals surface area contributed by atoms with E-state index in [1.165, 1.54) is 11.3 Å². The first-order valence-electron chi connectivity index (χ1n) is 8.82. The van der Waals surface area contributed by atoms with Crippen molar-refractivity contribution in [2.45, 2.75) is 26.7 Å². The van der Waals surface area contributed by atoms with Crippen molar-refractivity contribution in [2.24, 2.45) is 0 Å². The highest BCUT2D eigenvalue weighted by atomic mass is 32.1. The van der Waals surface area contributed by atoms with E-state index in [4.69, 9.17) is 15.2 Å². The van der Waals surface area contributed by atoms with Crippen LogP contribution in [0, 0.1) is 0 Å². The number of carbonyl (C=O) groups is 2. The van der Waals surface area contributed by atoms with Gasteiger partial charge in [0, 0.05) is 18.5 Å². The van der Waals surface area contributed by atoms with Crippen LogP contribution in [-0.4, -0.2) is 54.7 Å². The molecule has 0 aromatic carbocycles. The van der Waals surface area contributed by atoms with Gasteiger partial charge in [0.2, 0.25) is 0 Å². The van der Waals surface area contributed by atoms with Crippen molar-refractivity contribution in [3.8, 4) is 0 Å². The molecule has 0 atom stereocenters. The molecule has 0 bridgehead atoms. The van der Waals surface area contributed by atoms with Crippen molar-refractivity contribution in [1.29, 1.82) is 0 Å². The summed E-state index contributed by atoms with van der Waals surface area (Å²) in [6.45, 7) is 6.28. The van der Waals surface area contributed by atoms with Crippen LogP contribution in [0.1, 0.15) is 46.0 Å². The number of nitrogens with zero attached hydrogens (tertiary/aromatic N) is 2. The molecule has 2 aromatic rings. The number of aryl methyl sites for hydroxylation is 1. The molecule has 3 rings (SSSR count). The van der Waals surface area contributed by atoms with Crippen LogP contribution in [0.25, 0.3) is 10.2 Å². The number of morpholine rings is 1. The Hall–Kier alpha value is -2.19. The molecule has 0 radical (unpaired) electrons. The smallest absolute Gasteiger partial charge is 0.350 e. The van der Waals surface area contributed by atoms with Crippen LogP contribution in [0.2, 0.25) is 0 Å². The SMILES string of the molecule is CCCc1nc2sc(C(=O)OCC)c(N)c2cc1C(=O)N1CCOCC1. The number of ether oxygens (including phenoxy) is 2. The Morgan fingerprint density at radius 2 is 2.08 bits per heavy atom. The minimum Gasteiger partial charge on any atom is -0.462 e. The summed E-state index contributed by atoms with van der Waals surface area (Å²) < 4.78 is 10.4. The molecule has 0 saturated carbocycles. The number of rotatable bonds is 5. The fourth-order valence-electron chi connectivity index (χ4n) is 2.97. The average molecular weight is 377 g/mol. The lowest BCUT2D eigenvalue weighted by Gasteiger charge is -2.27. The van der Waals surface area contributed by atoms with Gasteiger partial charge in [0.15, 0.2) is 0 Å². The fourth-order valence-corrected chi connectivity index (χ4v) is 3.96. The molecular weight excluding hydrogens is 354 g/mol. The topological polar surface area (TPSA) is 94.8 Å². The van der Waals surface area contributed by atoms with Crippen LogP contribution in [0.3, 0.4) is 0 Å². The predicted octanol–water partition coefficient (Wildman–Crippen LogP) is 2.48. The number of nitrogens with two attached hydrogens (primary N) is 1. The van der Waals surface area contributed by atoms with Gasteiger partial charge in [0.25, 0.3) is 5.91 Å². The van der Waals surface area contributed by atoms with Crippen LogP contribution < -0.4 is 5.73 Å². The number of pyridine rings is 1. The van der Waals surface area contributed by atoms with E-state index in [0.717, 1.165) is 12.1 Å². The number of thiophene rings is 1. The number of carbonyl (C=O) groups excluding carboxylic acids is 2. The highest BCUT2D eigenvalue weighted by Gasteiger charge is 2.25. The number of hydrogen-bond acceptors (Lipinski definition) is 7. The second-order valence-corrected chi connectivity index (χ2v) is 7.05. The molecule has 2 aromatic heterocycles. The molecule has 2 N–H and O–H groups in total. The Bertz CT molecular complexity index is 827. The van der Waals surface area contributed by atoms with Gasteiger partial charge < -0.3 is 20.1 Å². The van der Waals surface area contributed by atoms with Crippen LogP contribution in [0.4, 0.5) is 5.69 Å². The Kier molecular flexibility index (Phi) is 5.73. The second kappa shape index (κ2) is 8.01. The van der Waals surface area contributed by atoms with Crippen LogP contribution in [0.15, 0.2) is 6.07 Å². The molecule has 0 aliphatic carbocycles. The minimum atomic E-state index is -0.453. The summed E-state index contributed by atoms with van der Waals surface area (Å²) in [6.07, 6.45) is 1.56. The summed E-state index contributed by atoms with van der Waals surface area (Å²) in [5.41, 5.74) is 7.80. The standard InChI is InChI=1S/C18H23N3O4S/c1-3-5-13-11(17(22)21-6-8-24-9-7-21)10-12-14(19)15(18(23)25-4-2)26-16(12)20-13/h10H,3-9,19H2,1-2H3. The summed E-state index contributed by atoms with van der Waals surface area (Å²) in [5.74, 6) is -0.513. The van der Waals surface area contributed by atoms with Crippen LogP contribution in [0.5, 0.6) is 0 Å². The first-order valence-corrected chi connectivity index (χ1v) is 9.64. The molecule has 26 heavy (non-hydrogen) atoms. The van der Waals surface area contributed by atoms with Crippen molar-refractivity contribution >= 4 is 39.1 Å². The zero-order valence-corrected chi connectivity index (χ0v) is 15.9. The number of hydrogen-bond donors (Lipinski definition) is 1. The van der Waals surface area contributed by atoms with Crippen molar-refractivity contribution < 1.29 is 19.1 Å². The van der Waals surface area contributed by atoms with Gasteiger partial charge in [0.1, 0.15) is 9.71 Å². The summed E-state index contributed by atoms with van der Waals surface area (Å²) >= 11 is 1.21. The first kappa shape index (κ1) is 18.6. The van der Waals surface area contributed by atoms with Crippen molar-refractivity contribution in [3.63, 3.8) is 0 Å². The molecule has 1 saturated heterocycles. The van der Waals surface area contributed by atoms with Gasteiger partial charge in [-0.05, 0) is 19.4 Å². The van der Waals surface area contributed by atoms with Crippen LogP contribution in [-0.2, 0) is 15.9 Å². The monoisotopic (exact) mass is 377 g/mol. The number of esters is 1. The molecule has 3 heterocycles. The van der Waals surface area contributed by atoms with E-state index in [1.54, 1.807) is 17.9 Å². The zero-order chi connectivity index (χ0) is 18.7. The summed E-state index contributed by atoms with van der Waals surface area (Å²) in [6, 6.07) is 1.78. The molecule has 1 aliphatic heterocycles. The van der Waals surface area contributed by atoms with Crippen molar-refractivity contribution in [3.05, 3.63) is 22.2 Å². The number of anilines is 1. The van der Waals surface area contributed by atoms with E-state index in [-0.39, 0.29) is 12.5 Å². The first-order chi connectivity index (χ1) is 12.6. The zero-order valence-electron chi connectivity index (χ0n) is 15.0. The maximum absolute atomic E-state index is 13.0. The molecule has 8 heteroatoms. The Morgan fingerprint density at radius 3 is 2.73 bits per heavy atom. The second-order valence-electron chi connectivity index (χ2n) is 6.06.